The Hall–Kier alpha value is -4.36. The SMILES string of the molecule is CCOc1c(CC(N)=O)cc([C@@](O)(CNC(=O)c2cc(OC3CC3)c3nn(C(F)F)cc3c2)C2CC2)nc1-c1cccc(Cl)c1F. The van der Waals surface area contributed by atoms with Gasteiger partial charge in [0.25, 0.3) is 5.91 Å². The molecule has 2 aliphatic rings. The summed E-state index contributed by atoms with van der Waals surface area (Å²) in [6.45, 7) is -1.30. The Kier molecular flexibility index (Phi) is 8.55. The third-order valence-electron chi connectivity index (χ3n) is 8.00. The first-order valence-corrected chi connectivity index (χ1v) is 15.2. The number of nitrogens with one attached hydrogen (secondary N) is 1. The molecule has 0 aliphatic heterocycles. The molecule has 6 rings (SSSR count). The van der Waals surface area contributed by atoms with Crippen molar-refractivity contribution in [3.8, 4) is 22.8 Å². The highest BCUT2D eigenvalue weighted by atomic mass is 35.5. The Bertz CT molecular complexity index is 1830. The Morgan fingerprint density at radius 1 is 1.22 bits per heavy atom. The monoisotopic (exact) mass is 657 g/mol. The van der Waals surface area contributed by atoms with E-state index in [9.17, 15) is 23.5 Å². The number of nitrogens with two attached hydrogens (primary N) is 1. The molecule has 14 heteroatoms. The molecule has 0 saturated heterocycles. The minimum atomic E-state index is -2.88. The molecule has 242 valence electrons. The number of carbonyl (C=O) groups excluding carboxylic acids is 2. The molecule has 0 radical (unpaired) electrons. The number of hydrogen-bond acceptors (Lipinski definition) is 7. The minimum Gasteiger partial charge on any atom is -0.491 e. The molecule has 2 amide bonds. The van der Waals surface area contributed by atoms with Crippen molar-refractivity contribution in [3.05, 3.63) is 70.3 Å². The lowest BCUT2D eigenvalue weighted by molar-refractivity contribution is -0.117. The van der Waals surface area contributed by atoms with Gasteiger partial charge >= 0.3 is 6.55 Å². The molecule has 10 nitrogen and oxygen atoms in total. The molecule has 46 heavy (non-hydrogen) atoms. The summed E-state index contributed by atoms with van der Waals surface area (Å²) in [7, 11) is 0. The van der Waals surface area contributed by atoms with Crippen molar-refractivity contribution in [2.24, 2.45) is 11.7 Å². The number of primary amides is 1. The van der Waals surface area contributed by atoms with Gasteiger partial charge in [0.15, 0.2) is 5.82 Å². The van der Waals surface area contributed by atoms with Crippen molar-refractivity contribution in [3.63, 3.8) is 0 Å². The largest absolute Gasteiger partial charge is 0.491 e. The molecule has 0 bridgehead atoms. The highest BCUT2D eigenvalue weighted by molar-refractivity contribution is 6.31. The lowest BCUT2D eigenvalue weighted by Crippen LogP contribution is -2.43. The zero-order chi connectivity index (χ0) is 32.7. The van der Waals surface area contributed by atoms with E-state index in [1.54, 1.807) is 6.92 Å². The van der Waals surface area contributed by atoms with Gasteiger partial charge in [-0.05, 0) is 68.9 Å². The average Bonchev–Trinajstić information content (AvgIpc) is 3.96. The van der Waals surface area contributed by atoms with Crippen LogP contribution in [0.25, 0.3) is 22.2 Å². The smallest absolute Gasteiger partial charge is 0.333 e. The summed E-state index contributed by atoms with van der Waals surface area (Å²) in [6.07, 6.45) is 3.60. The number of carbonyl (C=O) groups is 2. The van der Waals surface area contributed by atoms with Crippen LogP contribution in [0.4, 0.5) is 13.2 Å². The topological polar surface area (TPSA) is 142 Å². The maximum atomic E-state index is 15.3. The van der Waals surface area contributed by atoms with E-state index in [2.05, 4.69) is 15.4 Å². The Balaban J connectivity index is 1.37. The first kappa shape index (κ1) is 31.6. The van der Waals surface area contributed by atoms with Crippen LogP contribution in [0, 0.1) is 11.7 Å². The molecule has 4 aromatic rings. The van der Waals surface area contributed by atoms with Gasteiger partial charge in [-0.25, -0.2) is 14.1 Å². The van der Waals surface area contributed by atoms with E-state index in [0.29, 0.717) is 22.9 Å². The number of halogens is 4. The fourth-order valence-corrected chi connectivity index (χ4v) is 5.61. The van der Waals surface area contributed by atoms with Crippen molar-refractivity contribution in [2.45, 2.75) is 57.3 Å². The predicted molar refractivity (Wildman–Crippen MR) is 162 cm³/mol. The fraction of sp³-hybridized carbons (Fsp3) is 0.375. The first-order valence-electron chi connectivity index (χ1n) is 14.9. The van der Waals surface area contributed by atoms with Crippen molar-refractivity contribution >= 4 is 34.3 Å². The van der Waals surface area contributed by atoms with E-state index in [1.807, 2.05) is 0 Å². The van der Waals surface area contributed by atoms with Gasteiger partial charge in [-0.15, -0.1) is 0 Å². The predicted octanol–water partition coefficient (Wildman–Crippen LogP) is 5.28. The van der Waals surface area contributed by atoms with Crippen molar-refractivity contribution in [1.82, 2.24) is 20.1 Å². The summed E-state index contributed by atoms with van der Waals surface area (Å²) in [5.41, 5.74) is 4.50. The van der Waals surface area contributed by atoms with E-state index >= 15 is 4.39 Å². The molecular weight excluding hydrogens is 627 g/mol. The van der Waals surface area contributed by atoms with Gasteiger partial charge < -0.3 is 25.6 Å². The summed E-state index contributed by atoms with van der Waals surface area (Å²) >= 11 is 6.08. The number of benzene rings is 2. The maximum Gasteiger partial charge on any atom is 0.333 e. The highest BCUT2D eigenvalue weighted by Gasteiger charge is 2.47. The number of amides is 2. The average molecular weight is 658 g/mol. The van der Waals surface area contributed by atoms with E-state index in [0.717, 1.165) is 19.0 Å². The quantitative estimate of drug-likeness (QED) is 0.178. The van der Waals surface area contributed by atoms with Crippen molar-refractivity contribution in [2.75, 3.05) is 13.2 Å². The second kappa shape index (κ2) is 12.4. The molecule has 0 unspecified atom stereocenters. The summed E-state index contributed by atoms with van der Waals surface area (Å²) in [5, 5.41) is 18.9. The van der Waals surface area contributed by atoms with Crippen LogP contribution in [-0.4, -0.2) is 50.9 Å². The molecule has 2 saturated carbocycles. The summed E-state index contributed by atoms with van der Waals surface area (Å²) in [5.74, 6) is -2.05. The Labute approximate surface area is 266 Å². The number of aromatic nitrogens is 3. The van der Waals surface area contributed by atoms with Gasteiger partial charge in [0.2, 0.25) is 5.91 Å². The van der Waals surface area contributed by atoms with Gasteiger partial charge in [0.1, 0.15) is 28.3 Å². The van der Waals surface area contributed by atoms with Crippen LogP contribution in [0.1, 0.15) is 60.8 Å². The normalized spacial score (nSPS) is 16.0. The first-order chi connectivity index (χ1) is 22.0. The number of pyridine rings is 1. The summed E-state index contributed by atoms with van der Waals surface area (Å²) in [4.78, 5) is 30.2. The second-order valence-corrected chi connectivity index (χ2v) is 11.9. The van der Waals surface area contributed by atoms with Gasteiger partial charge in [-0.2, -0.15) is 13.9 Å². The van der Waals surface area contributed by atoms with Gasteiger partial charge in [0, 0.05) is 28.3 Å². The summed E-state index contributed by atoms with van der Waals surface area (Å²) < 4.78 is 54.3. The van der Waals surface area contributed by atoms with Crippen LogP contribution >= 0.6 is 11.6 Å². The van der Waals surface area contributed by atoms with E-state index in [1.165, 1.54) is 36.4 Å². The molecule has 1 atom stereocenters. The molecular formula is C32H31ClF3N5O5. The molecule has 2 heterocycles. The molecule has 2 aliphatic carbocycles. The van der Waals surface area contributed by atoms with Crippen LogP contribution < -0.4 is 20.5 Å². The lowest BCUT2D eigenvalue weighted by Gasteiger charge is -2.30. The third-order valence-corrected chi connectivity index (χ3v) is 8.29. The third kappa shape index (κ3) is 6.34. The number of fused-ring (bicyclic) bond motifs is 1. The van der Waals surface area contributed by atoms with E-state index in [4.69, 9.17) is 26.8 Å². The number of alkyl halides is 2. The highest BCUT2D eigenvalue weighted by Crippen LogP contribution is 2.47. The number of aliphatic hydroxyl groups is 1. The van der Waals surface area contributed by atoms with Gasteiger partial charge in [0.05, 0.1) is 36.4 Å². The maximum absolute atomic E-state index is 15.3. The number of hydrogen-bond donors (Lipinski definition) is 3. The lowest BCUT2D eigenvalue weighted by atomic mass is 9.90. The van der Waals surface area contributed by atoms with E-state index < -0.39 is 29.8 Å². The van der Waals surface area contributed by atoms with Crippen LogP contribution in [0.2, 0.25) is 5.02 Å². The molecule has 0 spiro atoms. The van der Waals surface area contributed by atoms with Crippen LogP contribution in [-0.2, 0) is 16.8 Å². The van der Waals surface area contributed by atoms with Crippen molar-refractivity contribution < 1.29 is 37.3 Å². The number of nitrogens with zero attached hydrogens (tertiary/aromatic N) is 3. The standard InChI is InChI=1S/C32H31ClF3N5O5/c1-2-45-29-16(13-25(37)42)12-24(39-28(29)21-4-3-5-22(33)26(21)34)32(44,19-6-7-19)15-38-30(43)17-10-18-14-41(31(35)36)40-27(18)23(11-17)46-20-8-9-20/h3-5,10-12,14,19-20,31,44H,2,6-9,13,15H2,1H3,(H2,37,42)(H,38,43)/t32-/m1/s1. The second-order valence-electron chi connectivity index (χ2n) is 11.5. The molecule has 2 aromatic heterocycles. The van der Waals surface area contributed by atoms with Crippen LogP contribution in [0.15, 0.2) is 42.6 Å². The van der Waals surface area contributed by atoms with Gasteiger partial charge in [-0.1, -0.05) is 17.7 Å². The Morgan fingerprint density at radius 3 is 2.63 bits per heavy atom. The summed E-state index contributed by atoms with van der Waals surface area (Å²) in [6, 6.07) is 8.71. The van der Waals surface area contributed by atoms with E-state index in [-0.39, 0.29) is 81.7 Å². The van der Waals surface area contributed by atoms with Crippen LogP contribution in [0.3, 0.4) is 0 Å². The van der Waals surface area contributed by atoms with Crippen LogP contribution in [0.5, 0.6) is 11.5 Å². The molecule has 2 fully saturated rings. The minimum absolute atomic E-state index is 0.00783. The van der Waals surface area contributed by atoms with Crippen molar-refractivity contribution in [1.29, 1.82) is 0 Å². The zero-order valence-electron chi connectivity index (χ0n) is 24.7. The number of rotatable bonds is 13. The number of ether oxygens (including phenoxy) is 2. The molecule has 4 N–H and O–H groups in total. The molecule has 2 aromatic carbocycles. The zero-order valence-corrected chi connectivity index (χ0v) is 25.5. The fourth-order valence-electron chi connectivity index (χ4n) is 5.43. The Morgan fingerprint density at radius 2 is 1.98 bits per heavy atom. The van der Waals surface area contributed by atoms with Gasteiger partial charge in [-0.3, -0.25) is 9.59 Å².